The van der Waals surface area contributed by atoms with Crippen LogP contribution in [-0.4, -0.2) is 42.3 Å². The van der Waals surface area contributed by atoms with Crippen molar-refractivity contribution in [3.63, 3.8) is 0 Å². The van der Waals surface area contributed by atoms with Crippen molar-refractivity contribution >= 4 is 0 Å². The predicted octanol–water partition coefficient (Wildman–Crippen LogP) is 3.62. The van der Waals surface area contributed by atoms with Crippen molar-refractivity contribution in [1.82, 2.24) is 29.2 Å². The summed E-state index contributed by atoms with van der Waals surface area (Å²) in [6.07, 6.45) is 10.1. The Kier molecular flexibility index (Phi) is 5.07. The second kappa shape index (κ2) is 7.64. The molecule has 6 heteroatoms. The summed E-state index contributed by atoms with van der Waals surface area (Å²) in [7, 11) is 0. The Bertz CT molecular complexity index is 895. The summed E-state index contributed by atoms with van der Waals surface area (Å²) in [4.78, 5) is 11.5. The van der Waals surface area contributed by atoms with E-state index in [2.05, 4.69) is 56.1 Å². The highest BCUT2D eigenvalue weighted by atomic mass is 15.3. The van der Waals surface area contributed by atoms with Gasteiger partial charge >= 0.3 is 0 Å². The van der Waals surface area contributed by atoms with Crippen LogP contribution in [0.5, 0.6) is 0 Å². The van der Waals surface area contributed by atoms with Crippen LogP contribution in [0.3, 0.4) is 0 Å². The number of likely N-dealkylation sites (tertiary alicyclic amines) is 1. The average molecular weight is 364 g/mol. The van der Waals surface area contributed by atoms with Gasteiger partial charge in [-0.25, -0.2) is 4.98 Å². The van der Waals surface area contributed by atoms with E-state index < -0.39 is 0 Å². The molecule has 1 aliphatic rings. The summed E-state index contributed by atoms with van der Waals surface area (Å²) in [6.45, 7) is 10.6. The predicted molar refractivity (Wildman–Crippen MR) is 106 cm³/mol. The first-order chi connectivity index (χ1) is 13.2. The van der Waals surface area contributed by atoms with Crippen LogP contribution in [0.1, 0.15) is 42.8 Å². The standard InChI is InChI=1S/C21H28N6/c1-4-26-17(3)19(13-24-26)14-25-10-6-8-20(15-25)27-16(2)11-23-21(27)18-7-5-9-22-12-18/h5,7,9,11-13,20H,4,6,8,10,14-15H2,1-3H3. The Hall–Kier alpha value is -2.47. The lowest BCUT2D eigenvalue weighted by Gasteiger charge is -2.34. The molecule has 3 aromatic heterocycles. The molecule has 1 aliphatic heterocycles. The van der Waals surface area contributed by atoms with Crippen molar-refractivity contribution in [2.24, 2.45) is 0 Å². The van der Waals surface area contributed by atoms with E-state index in [1.807, 2.05) is 30.9 Å². The van der Waals surface area contributed by atoms with Gasteiger partial charge in [0.2, 0.25) is 0 Å². The monoisotopic (exact) mass is 364 g/mol. The highest BCUT2D eigenvalue weighted by molar-refractivity contribution is 5.54. The Morgan fingerprint density at radius 2 is 2.07 bits per heavy atom. The molecule has 1 atom stereocenters. The molecule has 0 bridgehead atoms. The minimum atomic E-state index is 0.443. The second-order valence-electron chi connectivity index (χ2n) is 7.44. The van der Waals surface area contributed by atoms with Gasteiger partial charge in [0.25, 0.3) is 0 Å². The van der Waals surface area contributed by atoms with Gasteiger partial charge in [0.1, 0.15) is 5.82 Å². The lowest BCUT2D eigenvalue weighted by atomic mass is 10.0. The number of rotatable bonds is 5. The Balaban J connectivity index is 1.55. The number of aryl methyl sites for hydroxylation is 2. The number of hydrogen-bond donors (Lipinski definition) is 0. The Morgan fingerprint density at radius 1 is 1.19 bits per heavy atom. The molecule has 1 unspecified atom stereocenters. The van der Waals surface area contributed by atoms with Crippen LogP contribution in [0, 0.1) is 13.8 Å². The van der Waals surface area contributed by atoms with Crippen molar-refractivity contribution < 1.29 is 0 Å². The quantitative estimate of drug-likeness (QED) is 0.694. The third kappa shape index (κ3) is 3.54. The maximum absolute atomic E-state index is 4.69. The van der Waals surface area contributed by atoms with E-state index in [1.165, 1.54) is 29.8 Å². The third-order valence-electron chi connectivity index (χ3n) is 5.65. The van der Waals surface area contributed by atoms with E-state index in [1.54, 1.807) is 0 Å². The largest absolute Gasteiger partial charge is 0.324 e. The van der Waals surface area contributed by atoms with Crippen LogP contribution in [0.2, 0.25) is 0 Å². The zero-order valence-electron chi connectivity index (χ0n) is 16.5. The normalized spacial score (nSPS) is 18.1. The van der Waals surface area contributed by atoms with Gasteiger partial charge in [-0.2, -0.15) is 5.10 Å². The van der Waals surface area contributed by atoms with E-state index in [9.17, 15) is 0 Å². The van der Waals surface area contributed by atoms with Gasteiger partial charge in [-0.3, -0.25) is 14.6 Å². The molecule has 4 heterocycles. The van der Waals surface area contributed by atoms with E-state index in [-0.39, 0.29) is 0 Å². The molecule has 0 radical (unpaired) electrons. The van der Waals surface area contributed by atoms with E-state index >= 15 is 0 Å². The third-order valence-corrected chi connectivity index (χ3v) is 5.65. The second-order valence-corrected chi connectivity index (χ2v) is 7.44. The van der Waals surface area contributed by atoms with Crippen molar-refractivity contribution in [3.05, 3.63) is 53.9 Å². The van der Waals surface area contributed by atoms with Crippen LogP contribution in [0.25, 0.3) is 11.4 Å². The van der Waals surface area contributed by atoms with Gasteiger partial charge in [0, 0.05) is 66.8 Å². The minimum Gasteiger partial charge on any atom is -0.324 e. The summed E-state index contributed by atoms with van der Waals surface area (Å²) >= 11 is 0. The highest BCUT2D eigenvalue weighted by Gasteiger charge is 2.25. The molecule has 0 N–H and O–H groups in total. The Morgan fingerprint density at radius 3 is 2.81 bits per heavy atom. The van der Waals surface area contributed by atoms with E-state index in [0.29, 0.717) is 6.04 Å². The minimum absolute atomic E-state index is 0.443. The maximum atomic E-state index is 4.69. The molecule has 3 aromatic rings. The molecule has 6 nitrogen and oxygen atoms in total. The van der Waals surface area contributed by atoms with Crippen LogP contribution in [0.4, 0.5) is 0 Å². The fourth-order valence-electron chi connectivity index (χ4n) is 4.20. The lowest BCUT2D eigenvalue weighted by molar-refractivity contribution is 0.169. The van der Waals surface area contributed by atoms with Gasteiger partial charge in [-0.15, -0.1) is 0 Å². The summed E-state index contributed by atoms with van der Waals surface area (Å²) in [5, 5.41) is 4.50. The molecule has 0 spiro atoms. The molecule has 4 rings (SSSR count). The van der Waals surface area contributed by atoms with Crippen molar-refractivity contribution in [1.29, 1.82) is 0 Å². The fraction of sp³-hybridized carbons (Fsp3) is 0.476. The molecule has 0 aliphatic carbocycles. The zero-order chi connectivity index (χ0) is 18.8. The molecule has 27 heavy (non-hydrogen) atoms. The van der Waals surface area contributed by atoms with E-state index in [4.69, 9.17) is 0 Å². The van der Waals surface area contributed by atoms with E-state index in [0.717, 1.165) is 37.6 Å². The van der Waals surface area contributed by atoms with Crippen LogP contribution in [-0.2, 0) is 13.1 Å². The van der Waals surface area contributed by atoms with Gasteiger partial charge in [-0.05, 0) is 52.3 Å². The number of aromatic nitrogens is 5. The van der Waals surface area contributed by atoms with Crippen LogP contribution < -0.4 is 0 Å². The first-order valence-electron chi connectivity index (χ1n) is 9.85. The molecular formula is C21H28N6. The molecule has 142 valence electrons. The number of nitrogens with zero attached hydrogens (tertiary/aromatic N) is 6. The number of piperidine rings is 1. The van der Waals surface area contributed by atoms with Gasteiger partial charge < -0.3 is 4.57 Å². The van der Waals surface area contributed by atoms with Crippen molar-refractivity contribution in [2.45, 2.75) is 52.7 Å². The molecule has 0 amide bonds. The zero-order valence-corrected chi connectivity index (χ0v) is 16.5. The summed E-state index contributed by atoms with van der Waals surface area (Å²) in [6, 6.07) is 4.51. The molecule has 1 fully saturated rings. The highest BCUT2D eigenvalue weighted by Crippen LogP contribution is 2.29. The topological polar surface area (TPSA) is 51.8 Å². The van der Waals surface area contributed by atoms with Crippen molar-refractivity contribution in [2.75, 3.05) is 13.1 Å². The molecular weight excluding hydrogens is 336 g/mol. The van der Waals surface area contributed by atoms with Gasteiger partial charge in [-0.1, -0.05) is 0 Å². The lowest BCUT2D eigenvalue weighted by Crippen LogP contribution is -2.36. The van der Waals surface area contributed by atoms with Crippen molar-refractivity contribution in [3.8, 4) is 11.4 Å². The summed E-state index contributed by atoms with van der Waals surface area (Å²) < 4.78 is 4.49. The molecule has 1 saturated heterocycles. The smallest absolute Gasteiger partial charge is 0.141 e. The van der Waals surface area contributed by atoms with Gasteiger partial charge in [0.15, 0.2) is 0 Å². The molecule has 0 aromatic carbocycles. The number of imidazole rings is 1. The summed E-state index contributed by atoms with van der Waals surface area (Å²) in [5.74, 6) is 1.03. The number of hydrogen-bond acceptors (Lipinski definition) is 4. The molecule has 0 saturated carbocycles. The first-order valence-corrected chi connectivity index (χ1v) is 9.85. The SMILES string of the molecule is CCn1ncc(CN2CCCC(n3c(C)cnc3-c3cccnc3)C2)c1C. The first kappa shape index (κ1) is 17.9. The maximum Gasteiger partial charge on any atom is 0.141 e. The Labute approximate surface area is 160 Å². The average Bonchev–Trinajstić information content (AvgIpc) is 3.25. The fourth-order valence-corrected chi connectivity index (χ4v) is 4.20. The van der Waals surface area contributed by atoms with Gasteiger partial charge in [0.05, 0.1) is 6.20 Å². The van der Waals surface area contributed by atoms with Crippen LogP contribution >= 0.6 is 0 Å². The number of pyridine rings is 1. The summed E-state index contributed by atoms with van der Waals surface area (Å²) in [5.41, 5.74) is 4.93. The van der Waals surface area contributed by atoms with Crippen LogP contribution in [0.15, 0.2) is 36.9 Å².